The van der Waals surface area contributed by atoms with Crippen molar-refractivity contribution < 1.29 is 9.90 Å². The van der Waals surface area contributed by atoms with Gasteiger partial charge in [-0.15, -0.1) is 0 Å². The van der Waals surface area contributed by atoms with Crippen LogP contribution in [0.5, 0.6) is 0 Å². The number of nitrogens with two attached hydrogens (primary N) is 1. The van der Waals surface area contributed by atoms with Crippen molar-refractivity contribution in [3.8, 4) is 0 Å². The molecule has 0 spiro atoms. The van der Waals surface area contributed by atoms with Gasteiger partial charge in [-0.3, -0.25) is 4.79 Å². The highest BCUT2D eigenvalue weighted by Crippen LogP contribution is 2.24. The standard InChI is InChI=1S/C16H26N2O2/c1-12(19)13-7-6-8-14(11-13)15(16(17)20)9-4-5-10-18(2)3/h6-8,11-12,15,19H,4-5,9-10H2,1-3H3,(H2,17,20). The Morgan fingerprint density at radius 1 is 1.30 bits per heavy atom. The highest BCUT2D eigenvalue weighted by molar-refractivity contribution is 5.81. The number of carbonyl (C=O) groups excluding carboxylic acids is 1. The highest BCUT2D eigenvalue weighted by Gasteiger charge is 2.18. The van der Waals surface area contributed by atoms with Gasteiger partial charge < -0.3 is 15.7 Å². The number of aliphatic hydroxyl groups is 1. The Kier molecular flexibility index (Phi) is 6.68. The third-order valence-corrected chi connectivity index (χ3v) is 3.49. The zero-order valence-corrected chi connectivity index (χ0v) is 12.7. The van der Waals surface area contributed by atoms with Gasteiger partial charge >= 0.3 is 0 Å². The molecule has 0 aliphatic rings. The van der Waals surface area contributed by atoms with E-state index in [1.807, 2.05) is 38.4 Å². The Labute approximate surface area is 121 Å². The van der Waals surface area contributed by atoms with Gasteiger partial charge in [0.05, 0.1) is 12.0 Å². The van der Waals surface area contributed by atoms with Crippen LogP contribution in [0.3, 0.4) is 0 Å². The SMILES string of the molecule is CC(O)c1cccc(C(CCCCN(C)C)C(N)=O)c1. The van der Waals surface area contributed by atoms with Gasteiger partial charge in [0.15, 0.2) is 0 Å². The van der Waals surface area contributed by atoms with Gasteiger partial charge in [-0.1, -0.05) is 30.7 Å². The summed E-state index contributed by atoms with van der Waals surface area (Å²) in [6.07, 6.45) is 2.24. The molecule has 0 heterocycles. The van der Waals surface area contributed by atoms with Gasteiger partial charge in [-0.05, 0) is 51.5 Å². The van der Waals surface area contributed by atoms with Crippen LogP contribution in [0.25, 0.3) is 0 Å². The fourth-order valence-electron chi connectivity index (χ4n) is 2.29. The van der Waals surface area contributed by atoms with E-state index < -0.39 is 6.10 Å². The molecule has 1 aromatic carbocycles. The number of hydrogen-bond donors (Lipinski definition) is 2. The van der Waals surface area contributed by atoms with Crippen LogP contribution in [0.15, 0.2) is 24.3 Å². The molecule has 0 saturated heterocycles. The number of rotatable bonds is 8. The van der Waals surface area contributed by atoms with E-state index in [1.165, 1.54) is 0 Å². The number of benzene rings is 1. The van der Waals surface area contributed by atoms with Gasteiger partial charge in [0.1, 0.15) is 0 Å². The summed E-state index contributed by atoms with van der Waals surface area (Å²) in [5.74, 6) is -0.562. The second kappa shape index (κ2) is 8.02. The summed E-state index contributed by atoms with van der Waals surface area (Å²) in [7, 11) is 4.08. The molecule has 20 heavy (non-hydrogen) atoms. The molecule has 2 atom stereocenters. The maximum absolute atomic E-state index is 11.7. The van der Waals surface area contributed by atoms with Crippen LogP contribution < -0.4 is 5.73 Å². The van der Waals surface area contributed by atoms with Gasteiger partial charge in [0.2, 0.25) is 5.91 Å². The molecule has 0 bridgehead atoms. The summed E-state index contributed by atoms with van der Waals surface area (Å²) >= 11 is 0. The zero-order chi connectivity index (χ0) is 15.1. The number of amides is 1. The van der Waals surface area contributed by atoms with E-state index >= 15 is 0 Å². The van der Waals surface area contributed by atoms with E-state index in [4.69, 9.17) is 5.73 Å². The zero-order valence-electron chi connectivity index (χ0n) is 12.7. The lowest BCUT2D eigenvalue weighted by Crippen LogP contribution is -2.22. The van der Waals surface area contributed by atoms with Crippen molar-refractivity contribution in [1.29, 1.82) is 0 Å². The number of nitrogens with zero attached hydrogens (tertiary/aromatic N) is 1. The van der Waals surface area contributed by atoms with Crippen molar-refractivity contribution in [2.24, 2.45) is 5.73 Å². The lowest BCUT2D eigenvalue weighted by molar-refractivity contribution is -0.119. The molecule has 4 heteroatoms. The quantitative estimate of drug-likeness (QED) is 0.715. The van der Waals surface area contributed by atoms with E-state index in [0.717, 1.165) is 36.9 Å². The predicted molar refractivity (Wildman–Crippen MR) is 81.4 cm³/mol. The van der Waals surface area contributed by atoms with E-state index in [9.17, 15) is 9.90 Å². The van der Waals surface area contributed by atoms with Crippen molar-refractivity contribution >= 4 is 5.91 Å². The lowest BCUT2D eigenvalue weighted by atomic mass is 9.91. The van der Waals surface area contributed by atoms with E-state index in [-0.39, 0.29) is 11.8 Å². The number of unbranched alkanes of at least 4 members (excludes halogenated alkanes) is 1. The van der Waals surface area contributed by atoms with Crippen molar-refractivity contribution in [2.75, 3.05) is 20.6 Å². The highest BCUT2D eigenvalue weighted by atomic mass is 16.3. The second-order valence-corrected chi connectivity index (χ2v) is 5.60. The number of aliphatic hydroxyl groups excluding tert-OH is 1. The van der Waals surface area contributed by atoms with Crippen molar-refractivity contribution in [1.82, 2.24) is 4.90 Å². The Morgan fingerprint density at radius 3 is 2.50 bits per heavy atom. The second-order valence-electron chi connectivity index (χ2n) is 5.60. The molecule has 2 unspecified atom stereocenters. The smallest absolute Gasteiger partial charge is 0.224 e. The normalized spacial score (nSPS) is 14.2. The maximum atomic E-state index is 11.7. The van der Waals surface area contributed by atoms with Crippen molar-refractivity contribution in [3.05, 3.63) is 35.4 Å². The molecule has 112 valence electrons. The molecule has 0 radical (unpaired) electrons. The lowest BCUT2D eigenvalue weighted by Gasteiger charge is -2.16. The molecule has 0 fully saturated rings. The Morgan fingerprint density at radius 2 is 1.95 bits per heavy atom. The molecule has 4 nitrogen and oxygen atoms in total. The Balaban J connectivity index is 2.70. The van der Waals surface area contributed by atoms with Crippen LogP contribution >= 0.6 is 0 Å². The first kappa shape index (κ1) is 16.7. The summed E-state index contributed by atoms with van der Waals surface area (Å²) in [4.78, 5) is 13.8. The number of carbonyl (C=O) groups is 1. The molecule has 1 rings (SSSR count). The number of hydrogen-bond acceptors (Lipinski definition) is 3. The topological polar surface area (TPSA) is 66.6 Å². The van der Waals surface area contributed by atoms with Crippen LogP contribution in [-0.4, -0.2) is 36.6 Å². The van der Waals surface area contributed by atoms with Crippen LogP contribution in [0.4, 0.5) is 0 Å². The Bertz CT molecular complexity index is 430. The minimum absolute atomic E-state index is 0.268. The molecule has 0 saturated carbocycles. The summed E-state index contributed by atoms with van der Waals surface area (Å²) in [6.45, 7) is 2.73. The molecule has 0 aliphatic heterocycles. The molecule has 1 amide bonds. The minimum Gasteiger partial charge on any atom is -0.389 e. The molecule has 3 N–H and O–H groups in total. The molecular weight excluding hydrogens is 252 g/mol. The summed E-state index contributed by atoms with van der Waals surface area (Å²) in [5.41, 5.74) is 7.25. The fraction of sp³-hybridized carbons (Fsp3) is 0.562. The first-order valence-electron chi connectivity index (χ1n) is 7.13. The van der Waals surface area contributed by atoms with Gasteiger partial charge in [0, 0.05) is 0 Å². The van der Waals surface area contributed by atoms with Gasteiger partial charge in [0.25, 0.3) is 0 Å². The summed E-state index contributed by atoms with van der Waals surface area (Å²) in [6, 6.07) is 7.52. The maximum Gasteiger partial charge on any atom is 0.224 e. The minimum atomic E-state index is -0.530. The van der Waals surface area contributed by atoms with Crippen molar-refractivity contribution in [2.45, 2.75) is 38.2 Å². The first-order chi connectivity index (χ1) is 9.41. The average molecular weight is 278 g/mol. The molecule has 1 aromatic rings. The van der Waals surface area contributed by atoms with Crippen LogP contribution in [0, 0.1) is 0 Å². The van der Waals surface area contributed by atoms with E-state index in [2.05, 4.69) is 4.90 Å². The third-order valence-electron chi connectivity index (χ3n) is 3.49. The van der Waals surface area contributed by atoms with Crippen LogP contribution in [0.2, 0.25) is 0 Å². The Hall–Kier alpha value is -1.39. The van der Waals surface area contributed by atoms with Crippen LogP contribution in [0.1, 0.15) is 49.3 Å². The largest absolute Gasteiger partial charge is 0.389 e. The van der Waals surface area contributed by atoms with Gasteiger partial charge in [-0.2, -0.15) is 0 Å². The van der Waals surface area contributed by atoms with E-state index in [0.29, 0.717) is 0 Å². The van der Waals surface area contributed by atoms with Gasteiger partial charge in [-0.25, -0.2) is 0 Å². The number of primary amides is 1. The molecular formula is C16H26N2O2. The van der Waals surface area contributed by atoms with E-state index in [1.54, 1.807) is 6.92 Å². The van der Waals surface area contributed by atoms with Crippen LogP contribution in [-0.2, 0) is 4.79 Å². The predicted octanol–water partition coefficient (Wildman–Crippen LogP) is 2.04. The monoisotopic (exact) mass is 278 g/mol. The third kappa shape index (κ3) is 5.31. The summed E-state index contributed by atoms with van der Waals surface area (Å²) < 4.78 is 0. The average Bonchev–Trinajstić information content (AvgIpc) is 2.38. The first-order valence-corrected chi connectivity index (χ1v) is 7.13. The van der Waals surface area contributed by atoms with Crippen molar-refractivity contribution in [3.63, 3.8) is 0 Å². The summed E-state index contributed by atoms with van der Waals surface area (Å²) in [5, 5.41) is 9.62. The molecule has 0 aromatic heterocycles. The molecule has 0 aliphatic carbocycles. The fourth-order valence-corrected chi connectivity index (χ4v) is 2.29.